The van der Waals surface area contributed by atoms with Crippen LogP contribution in [0, 0.1) is 5.41 Å². The van der Waals surface area contributed by atoms with Crippen molar-refractivity contribution in [2.75, 3.05) is 18.5 Å². The van der Waals surface area contributed by atoms with Gasteiger partial charge in [-0.2, -0.15) is 0 Å². The zero-order valence-electron chi connectivity index (χ0n) is 13.0. The third-order valence-corrected chi connectivity index (χ3v) is 4.40. The summed E-state index contributed by atoms with van der Waals surface area (Å²) in [5.41, 5.74) is 3.27. The van der Waals surface area contributed by atoms with Gasteiger partial charge in [0.05, 0.1) is 0 Å². The lowest BCUT2D eigenvalue weighted by atomic mass is 9.85. The minimum atomic E-state index is 0.317. The Balaban J connectivity index is 2.04. The lowest BCUT2D eigenvalue weighted by Gasteiger charge is -2.33. The smallest absolute Gasteiger partial charge is 0.0402 e. The molecule has 0 spiro atoms. The van der Waals surface area contributed by atoms with Gasteiger partial charge in [0, 0.05) is 24.3 Å². The summed E-state index contributed by atoms with van der Waals surface area (Å²) in [6.07, 6.45) is 2.38. The maximum atomic E-state index is 3.48. The first kappa shape index (κ1) is 14.4. The molecule has 0 fully saturated rings. The highest BCUT2D eigenvalue weighted by molar-refractivity contribution is 5.59. The Morgan fingerprint density at radius 3 is 2.63 bits per heavy atom. The van der Waals surface area contributed by atoms with E-state index in [2.05, 4.69) is 69.2 Å². The average molecular weight is 260 g/mol. The monoisotopic (exact) mass is 260 g/mol. The molecule has 1 aliphatic rings. The molecule has 1 aliphatic heterocycles. The number of anilines is 1. The lowest BCUT2D eigenvalue weighted by Crippen LogP contribution is -2.42. The summed E-state index contributed by atoms with van der Waals surface area (Å²) in [6.45, 7) is 10.4. The van der Waals surface area contributed by atoms with Gasteiger partial charge in [-0.25, -0.2) is 0 Å². The molecule has 0 radical (unpaired) electrons. The molecule has 0 amide bonds. The van der Waals surface area contributed by atoms with Crippen molar-refractivity contribution in [2.45, 2.75) is 52.6 Å². The molecule has 0 aliphatic carbocycles. The molecule has 1 heterocycles. The van der Waals surface area contributed by atoms with Gasteiger partial charge in [0.1, 0.15) is 0 Å². The van der Waals surface area contributed by atoms with Crippen LogP contribution in [0.1, 0.15) is 39.7 Å². The summed E-state index contributed by atoms with van der Waals surface area (Å²) in [6, 6.07) is 10.0. The van der Waals surface area contributed by atoms with Crippen molar-refractivity contribution < 1.29 is 0 Å². The van der Waals surface area contributed by atoms with Gasteiger partial charge in [0.25, 0.3) is 0 Å². The Morgan fingerprint density at radius 1 is 1.32 bits per heavy atom. The first-order chi connectivity index (χ1) is 8.93. The van der Waals surface area contributed by atoms with Crippen LogP contribution in [0.15, 0.2) is 24.3 Å². The molecular weight excluding hydrogens is 232 g/mol. The highest BCUT2D eigenvalue weighted by Crippen LogP contribution is 2.32. The predicted molar refractivity (Wildman–Crippen MR) is 83.9 cm³/mol. The summed E-state index contributed by atoms with van der Waals surface area (Å²) in [5, 5.41) is 3.48. The Hall–Kier alpha value is -1.02. The average Bonchev–Trinajstić information content (AvgIpc) is 2.65. The Labute approximate surface area is 118 Å². The molecule has 106 valence electrons. The Bertz CT molecular complexity index is 420. The van der Waals surface area contributed by atoms with Crippen molar-refractivity contribution in [3.05, 3.63) is 29.8 Å². The van der Waals surface area contributed by atoms with E-state index in [1.165, 1.54) is 24.1 Å². The zero-order valence-corrected chi connectivity index (χ0v) is 13.0. The third-order valence-electron chi connectivity index (χ3n) is 4.40. The Kier molecular flexibility index (Phi) is 4.19. The van der Waals surface area contributed by atoms with E-state index < -0.39 is 0 Å². The van der Waals surface area contributed by atoms with Crippen molar-refractivity contribution in [3.8, 4) is 0 Å². The quantitative estimate of drug-likeness (QED) is 0.892. The number of hydrogen-bond donors (Lipinski definition) is 1. The van der Waals surface area contributed by atoms with Crippen LogP contribution in [-0.2, 0) is 6.42 Å². The first-order valence-electron chi connectivity index (χ1n) is 7.45. The summed E-state index contributed by atoms with van der Waals surface area (Å²) in [4.78, 5) is 2.57. The van der Waals surface area contributed by atoms with Crippen LogP contribution in [0.5, 0.6) is 0 Å². The number of fused-ring (bicyclic) bond motifs is 1. The second-order valence-corrected chi connectivity index (χ2v) is 6.87. The fourth-order valence-corrected chi connectivity index (χ4v) is 3.25. The number of hydrogen-bond acceptors (Lipinski definition) is 2. The molecule has 1 aromatic rings. The normalized spacial score (nSPS) is 20.5. The van der Waals surface area contributed by atoms with E-state index in [-0.39, 0.29) is 0 Å². The van der Waals surface area contributed by atoms with Gasteiger partial charge >= 0.3 is 0 Å². The van der Waals surface area contributed by atoms with Gasteiger partial charge in [-0.05, 0) is 43.9 Å². The zero-order chi connectivity index (χ0) is 14.0. The summed E-state index contributed by atoms with van der Waals surface area (Å²) >= 11 is 0. The van der Waals surface area contributed by atoms with Crippen LogP contribution in [0.25, 0.3) is 0 Å². The molecule has 2 heteroatoms. The number of nitrogens with one attached hydrogen (secondary N) is 1. The van der Waals surface area contributed by atoms with Gasteiger partial charge in [0.2, 0.25) is 0 Å². The minimum absolute atomic E-state index is 0.317. The summed E-state index contributed by atoms with van der Waals surface area (Å²) in [5.74, 6) is 0. The Morgan fingerprint density at radius 2 is 2.00 bits per heavy atom. The van der Waals surface area contributed by atoms with E-state index >= 15 is 0 Å². The number of benzene rings is 1. The molecule has 2 unspecified atom stereocenters. The number of rotatable bonds is 4. The lowest BCUT2D eigenvalue weighted by molar-refractivity contribution is 0.268. The largest absolute Gasteiger partial charge is 0.368 e. The van der Waals surface area contributed by atoms with Crippen LogP contribution in [-0.4, -0.2) is 25.7 Å². The molecule has 1 aromatic carbocycles. The maximum absolute atomic E-state index is 3.48. The summed E-state index contributed by atoms with van der Waals surface area (Å²) in [7, 11) is 2.08. The van der Waals surface area contributed by atoms with Gasteiger partial charge < -0.3 is 10.2 Å². The minimum Gasteiger partial charge on any atom is -0.368 e. The number of para-hydroxylation sites is 1. The molecule has 2 nitrogen and oxygen atoms in total. The van der Waals surface area contributed by atoms with Crippen molar-refractivity contribution in [2.24, 2.45) is 5.41 Å². The summed E-state index contributed by atoms with van der Waals surface area (Å²) < 4.78 is 0. The van der Waals surface area contributed by atoms with Crippen LogP contribution in [0.4, 0.5) is 5.69 Å². The van der Waals surface area contributed by atoms with Crippen LogP contribution >= 0.6 is 0 Å². The van der Waals surface area contributed by atoms with Gasteiger partial charge in [0.15, 0.2) is 0 Å². The van der Waals surface area contributed by atoms with E-state index in [4.69, 9.17) is 0 Å². The molecule has 0 aromatic heterocycles. The molecule has 19 heavy (non-hydrogen) atoms. The van der Waals surface area contributed by atoms with Gasteiger partial charge in [-0.15, -0.1) is 0 Å². The van der Waals surface area contributed by atoms with Crippen molar-refractivity contribution in [1.29, 1.82) is 0 Å². The molecule has 2 rings (SSSR count). The second kappa shape index (κ2) is 5.54. The number of nitrogens with zero attached hydrogens (tertiary/aromatic N) is 1. The maximum Gasteiger partial charge on any atom is 0.0402 e. The van der Waals surface area contributed by atoms with Crippen molar-refractivity contribution in [1.82, 2.24) is 5.32 Å². The predicted octanol–water partition coefficient (Wildman–Crippen LogP) is 3.46. The van der Waals surface area contributed by atoms with Gasteiger partial charge in [-0.1, -0.05) is 39.0 Å². The molecule has 0 saturated carbocycles. The first-order valence-corrected chi connectivity index (χ1v) is 7.45. The molecule has 2 atom stereocenters. The van der Waals surface area contributed by atoms with E-state index in [1.807, 2.05) is 0 Å². The highest BCUT2D eigenvalue weighted by atomic mass is 15.2. The van der Waals surface area contributed by atoms with E-state index in [0.29, 0.717) is 17.5 Å². The van der Waals surface area contributed by atoms with Crippen LogP contribution in [0.2, 0.25) is 0 Å². The van der Waals surface area contributed by atoms with Crippen molar-refractivity contribution in [3.63, 3.8) is 0 Å². The van der Waals surface area contributed by atoms with E-state index in [1.54, 1.807) is 0 Å². The topological polar surface area (TPSA) is 15.3 Å². The van der Waals surface area contributed by atoms with Crippen LogP contribution in [0.3, 0.4) is 0 Å². The van der Waals surface area contributed by atoms with Gasteiger partial charge in [-0.3, -0.25) is 0 Å². The highest BCUT2D eigenvalue weighted by Gasteiger charge is 2.28. The van der Waals surface area contributed by atoms with E-state index in [9.17, 15) is 0 Å². The molecule has 0 bridgehead atoms. The van der Waals surface area contributed by atoms with Crippen molar-refractivity contribution >= 4 is 5.69 Å². The second-order valence-electron chi connectivity index (χ2n) is 6.87. The molecule has 1 N–H and O–H groups in total. The standard InChI is InChI=1S/C17H28N2/c1-13-12-14-8-6-7-9-15(14)19(13)11-10-16(18-5)17(2,3)4/h6-9,13,16,18H,10-12H2,1-5H3. The van der Waals surface area contributed by atoms with Crippen LogP contribution < -0.4 is 10.2 Å². The SMILES string of the molecule is CNC(CCN1c2ccccc2CC1C)C(C)(C)C. The molecule has 0 saturated heterocycles. The fourth-order valence-electron chi connectivity index (χ4n) is 3.25. The molecular formula is C17H28N2. The van der Waals surface area contributed by atoms with E-state index in [0.717, 1.165) is 6.54 Å². The fraction of sp³-hybridized carbons (Fsp3) is 0.647. The third kappa shape index (κ3) is 3.11.